The molecule has 0 atom stereocenters. The molecule has 0 bridgehead atoms. The van der Waals surface area contributed by atoms with E-state index in [2.05, 4.69) is 13.8 Å². The van der Waals surface area contributed by atoms with E-state index in [-0.39, 0.29) is 19.5 Å². The Morgan fingerprint density at radius 3 is 0.923 bits per heavy atom. The Bertz CT molecular complexity index is 61.5. The molecule has 0 aliphatic carbocycles. The van der Waals surface area contributed by atoms with Crippen LogP contribution in [0.3, 0.4) is 0 Å². The third-order valence-corrected chi connectivity index (χ3v) is 2.46. The van der Waals surface area contributed by atoms with Crippen LogP contribution in [0.25, 0.3) is 0 Å². The van der Waals surface area contributed by atoms with Crippen LogP contribution in [0.1, 0.15) is 78.1 Å². The van der Waals surface area contributed by atoms with Gasteiger partial charge in [0.15, 0.2) is 0 Å². The Hall–Kier alpha value is 0.623. The zero-order valence-electron chi connectivity index (χ0n) is 9.42. The molecule has 0 aliphatic rings. The Morgan fingerprint density at radius 2 is 0.692 bits per heavy atom. The van der Waals surface area contributed by atoms with Gasteiger partial charge in [-0.05, 0) is 0 Å². The smallest absolute Gasteiger partial charge is 0 e. The van der Waals surface area contributed by atoms with E-state index in [4.69, 9.17) is 0 Å². The maximum Gasteiger partial charge on any atom is 0 e. The minimum Gasteiger partial charge on any atom is -0.0654 e. The molecule has 0 nitrogen and oxygen atoms in total. The molecule has 0 amide bonds. The third-order valence-electron chi connectivity index (χ3n) is 2.46. The quantitative estimate of drug-likeness (QED) is 0.412. The molecule has 0 rings (SSSR count). The summed E-state index contributed by atoms with van der Waals surface area (Å²) in [5.41, 5.74) is 0. The Kier molecular flexibility index (Phi) is 18.7. The van der Waals surface area contributed by atoms with Crippen LogP contribution in [-0.4, -0.2) is 0 Å². The van der Waals surface area contributed by atoms with Crippen molar-refractivity contribution >= 4 is 0 Å². The van der Waals surface area contributed by atoms with E-state index < -0.39 is 0 Å². The molecular formula is C12H26Ru. The van der Waals surface area contributed by atoms with Gasteiger partial charge < -0.3 is 0 Å². The fraction of sp³-hybridized carbons (Fsp3) is 1.00. The van der Waals surface area contributed by atoms with Crippen LogP contribution >= 0.6 is 0 Å². The molecule has 1 heteroatoms. The molecule has 0 spiro atoms. The first-order chi connectivity index (χ1) is 5.91. The summed E-state index contributed by atoms with van der Waals surface area (Å²) in [4.78, 5) is 0. The largest absolute Gasteiger partial charge is 0.0654 e. The number of rotatable bonds is 9. The maximum absolute atomic E-state index is 2.28. The first kappa shape index (κ1) is 16.1. The molecule has 82 valence electrons. The molecule has 13 heavy (non-hydrogen) atoms. The Labute approximate surface area is 97.6 Å². The van der Waals surface area contributed by atoms with Gasteiger partial charge in [-0.25, -0.2) is 0 Å². The van der Waals surface area contributed by atoms with Crippen LogP contribution in [0.2, 0.25) is 0 Å². The number of hydrogen-bond acceptors (Lipinski definition) is 0. The monoisotopic (exact) mass is 272 g/mol. The molecule has 0 aliphatic heterocycles. The molecule has 0 fully saturated rings. The predicted octanol–water partition coefficient (Wildman–Crippen LogP) is 4.92. The second-order valence-corrected chi connectivity index (χ2v) is 3.83. The van der Waals surface area contributed by atoms with Crippen molar-refractivity contribution in [2.75, 3.05) is 0 Å². The normalized spacial score (nSPS) is 9.69. The van der Waals surface area contributed by atoms with E-state index in [1.54, 1.807) is 0 Å². The second kappa shape index (κ2) is 15.1. The van der Waals surface area contributed by atoms with Gasteiger partial charge in [0.05, 0.1) is 0 Å². The van der Waals surface area contributed by atoms with Gasteiger partial charge >= 0.3 is 0 Å². The van der Waals surface area contributed by atoms with E-state index in [1.165, 1.54) is 64.2 Å². The molecule has 0 aromatic heterocycles. The van der Waals surface area contributed by atoms with Crippen LogP contribution in [-0.2, 0) is 19.5 Å². The summed E-state index contributed by atoms with van der Waals surface area (Å²) in [6.07, 6.45) is 14.4. The zero-order valence-corrected chi connectivity index (χ0v) is 11.2. The molecule has 0 unspecified atom stereocenters. The first-order valence-corrected chi connectivity index (χ1v) is 5.91. The summed E-state index contributed by atoms with van der Waals surface area (Å²) < 4.78 is 0. The van der Waals surface area contributed by atoms with Crippen molar-refractivity contribution in [3.63, 3.8) is 0 Å². The SMILES string of the molecule is CCCCCCCCCCCC.[Ru]. The average molecular weight is 271 g/mol. The van der Waals surface area contributed by atoms with Gasteiger partial charge in [-0.15, -0.1) is 0 Å². The van der Waals surface area contributed by atoms with Gasteiger partial charge in [0, 0.05) is 19.5 Å². The van der Waals surface area contributed by atoms with Crippen LogP contribution in [0.4, 0.5) is 0 Å². The zero-order chi connectivity index (χ0) is 9.07. The van der Waals surface area contributed by atoms with Gasteiger partial charge in [0.1, 0.15) is 0 Å². The van der Waals surface area contributed by atoms with E-state index in [0.717, 1.165) is 0 Å². The fourth-order valence-electron chi connectivity index (χ4n) is 1.56. The summed E-state index contributed by atoms with van der Waals surface area (Å²) in [5.74, 6) is 0. The van der Waals surface area contributed by atoms with Gasteiger partial charge in [0.25, 0.3) is 0 Å². The summed E-state index contributed by atoms with van der Waals surface area (Å²) in [7, 11) is 0. The number of hydrogen-bond donors (Lipinski definition) is 0. The van der Waals surface area contributed by atoms with E-state index in [9.17, 15) is 0 Å². The minimum absolute atomic E-state index is 0. The average Bonchev–Trinajstić information content (AvgIpc) is 2.10. The number of unbranched alkanes of at least 4 members (excludes halogenated alkanes) is 9. The summed E-state index contributed by atoms with van der Waals surface area (Å²) in [6.45, 7) is 4.56. The van der Waals surface area contributed by atoms with Gasteiger partial charge in [-0.3, -0.25) is 0 Å². The van der Waals surface area contributed by atoms with Crippen LogP contribution in [0.15, 0.2) is 0 Å². The summed E-state index contributed by atoms with van der Waals surface area (Å²) in [6, 6.07) is 0. The van der Waals surface area contributed by atoms with Crippen LogP contribution < -0.4 is 0 Å². The van der Waals surface area contributed by atoms with Crippen molar-refractivity contribution in [1.29, 1.82) is 0 Å². The third kappa shape index (κ3) is 15.4. The first-order valence-electron chi connectivity index (χ1n) is 5.91. The molecule has 0 heterocycles. The molecule has 0 N–H and O–H groups in total. The van der Waals surface area contributed by atoms with E-state index in [0.29, 0.717) is 0 Å². The van der Waals surface area contributed by atoms with Gasteiger partial charge in [-0.1, -0.05) is 78.1 Å². The van der Waals surface area contributed by atoms with E-state index >= 15 is 0 Å². The molecule has 0 aromatic rings. The summed E-state index contributed by atoms with van der Waals surface area (Å²) in [5, 5.41) is 0. The van der Waals surface area contributed by atoms with Gasteiger partial charge in [-0.2, -0.15) is 0 Å². The van der Waals surface area contributed by atoms with Crippen molar-refractivity contribution < 1.29 is 19.5 Å². The molecule has 0 saturated carbocycles. The van der Waals surface area contributed by atoms with Crippen molar-refractivity contribution in [3.8, 4) is 0 Å². The minimum atomic E-state index is 0. The van der Waals surface area contributed by atoms with Crippen molar-refractivity contribution in [2.24, 2.45) is 0 Å². The summed E-state index contributed by atoms with van der Waals surface area (Å²) >= 11 is 0. The van der Waals surface area contributed by atoms with Crippen LogP contribution in [0, 0.1) is 0 Å². The second-order valence-electron chi connectivity index (χ2n) is 3.83. The van der Waals surface area contributed by atoms with Crippen molar-refractivity contribution in [3.05, 3.63) is 0 Å². The van der Waals surface area contributed by atoms with Crippen LogP contribution in [0.5, 0.6) is 0 Å². The maximum atomic E-state index is 2.28. The fourth-order valence-corrected chi connectivity index (χ4v) is 1.56. The molecule has 0 saturated heterocycles. The molecular weight excluding hydrogens is 245 g/mol. The van der Waals surface area contributed by atoms with Crippen molar-refractivity contribution in [2.45, 2.75) is 78.1 Å². The van der Waals surface area contributed by atoms with Gasteiger partial charge in [0.2, 0.25) is 0 Å². The molecule has 0 aromatic carbocycles. The topological polar surface area (TPSA) is 0 Å². The standard InChI is InChI=1S/C12H26.Ru/c1-3-5-7-9-11-12-10-8-6-4-2;/h3-12H2,1-2H3;. The van der Waals surface area contributed by atoms with E-state index in [1.807, 2.05) is 0 Å². The Morgan fingerprint density at radius 1 is 0.462 bits per heavy atom. The molecule has 0 radical (unpaired) electrons. The predicted molar refractivity (Wildman–Crippen MR) is 57.5 cm³/mol. The Balaban J connectivity index is 0. The van der Waals surface area contributed by atoms with Crippen molar-refractivity contribution in [1.82, 2.24) is 0 Å².